The smallest absolute Gasteiger partial charge is 0.431 e. The minimum absolute atomic E-state index is 0.0405. The molecule has 3 nitrogen and oxygen atoms in total. The van der Waals surface area contributed by atoms with E-state index in [1.807, 2.05) is 25.1 Å². The van der Waals surface area contributed by atoms with Crippen molar-refractivity contribution >= 4 is 17.8 Å². The van der Waals surface area contributed by atoms with Crippen molar-refractivity contribution in [2.75, 3.05) is 0 Å². The molecule has 0 bridgehead atoms. The molecule has 3 unspecified atom stereocenters. The molecule has 1 aromatic carbocycles. The van der Waals surface area contributed by atoms with Gasteiger partial charge in [-0.15, -0.1) is 11.6 Å². The van der Waals surface area contributed by atoms with E-state index < -0.39 is 6.16 Å². The number of halogens is 1. The number of rotatable bonds is 3. The number of alkyl halides is 1. The van der Waals surface area contributed by atoms with E-state index in [0.717, 1.165) is 25.7 Å². The summed E-state index contributed by atoms with van der Waals surface area (Å²) in [4.78, 5) is 11.6. The van der Waals surface area contributed by atoms with Crippen molar-refractivity contribution in [3.05, 3.63) is 35.9 Å². The van der Waals surface area contributed by atoms with Gasteiger partial charge in [-0.25, -0.2) is 4.79 Å². The molecular weight excluding hydrogens is 276 g/mol. The van der Waals surface area contributed by atoms with Gasteiger partial charge in [0.2, 0.25) is 0 Å². The van der Waals surface area contributed by atoms with E-state index >= 15 is 0 Å². The summed E-state index contributed by atoms with van der Waals surface area (Å²) in [6.07, 6.45) is 3.15. The molecule has 1 aromatic rings. The molecule has 3 atom stereocenters. The van der Waals surface area contributed by atoms with E-state index in [0.29, 0.717) is 6.42 Å². The molecule has 0 spiro atoms. The summed E-state index contributed by atoms with van der Waals surface area (Å²) in [6.45, 7) is 1.85. The summed E-state index contributed by atoms with van der Waals surface area (Å²) in [7, 11) is 0. The number of hydrogen-bond acceptors (Lipinski definition) is 3. The maximum absolute atomic E-state index is 11.6. The molecule has 1 aliphatic rings. The van der Waals surface area contributed by atoms with Crippen LogP contribution in [0.15, 0.2) is 30.3 Å². The molecule has 1 fully saturated rings. The Morgan fingerprint density at radius 1 is 1.20 bits per heavy atom. The lowest BCUT2D eigenvalue weighted by atomic mass is 10.0. The quantitative estimate of drug-likeness (QED) is 0.615. The average Bonchev–Trinajstić information content (AvgIpc) is 2.47. The highest BCUT2D eigenvalue weighted by Crippen LogP contribution is 2.22. The van der Waals surface area contributed by atoms with E-state index in [1.165, 1.54) is 5.56 Å². The summed E-state index contributed by atoms with van der Waals surface area (Å²) in [5, 5.41) is 0.0405. The van der Waals surface area contributed by atoms with Crippen LogP contribution < -0.4 is 0 Å². The molecule has 0 amide bonds. The van der Waals surface area contributed by atoms with Crippen LogP contribution in [0.5, 0.6) is 0 Å². The van der Waals surface area contributed by atoms with Crippen molar-refractivity contribution in [2.45, 2.75) is 56.6 Å². The first kappa shape index (κ1) is 15.2. The van der Waals surface area contributed by atoms with Gasteiger partial charge in [0, 0.05) is 11.8 Å². The monoisotopic (exact) mass is 296 g/mol. The first-order chi connectivity index (χ1) is 9.63. The fourth-order valence-corrected chi connectivity index (χ4v) is 2.83. The SMILES string of the molecule is CC1CC(Cl)CCC(CCc2ccccc2)OC(=O)O1. The van der Waals surface area contributed by atoms with Crippen molar-refractivity contribution < 1.29 is 14.3 Å². The van der Waals surface area contributed by atoms with E-state index in [1.54, 1.807) is 0 Å². The normalized spacial score (nSPS) is 27.7. The minimum Gasteiger partial charge on any atom is -0.431 e. The maximum Gasteiger partial charge on any atom is 0.508 e. The summed E-state index contributed by atoms with van der Waals surface area (Å²) in [5.74, 6) is 0. The summed E-state index contributed by atoms with van der Waals surface area (Å²) < 4.78 is 10.6. The van der Waals surface area contributed by atoms with Crippen LogP contribution in [0.2, 0.25) is 0 Å². The third kappa shape index (κ3) is 5.04. The predicted octanol–water partition coefficient (Wildman–Crippen LogP) is 4.32. The van der Waals surface area contributed by atoms with Gasteiger partial charge >= 0.3 is 6.16 Å². The van der Waals surface area contributed by atoms with E-state index in [2.05, 4.69) is 12.1 Å². The highest BCUT2D eigenvalue weighted by molar-refractivity contribution is 6.20. The third-order valence-electron chi connectivity index (χ3n) is 3.55. The van der Waals surface area contributed by atoms with Crippen LogP contribution >= 0.6 is 11.6 Å². The van der Waals surface area contributed by atoms with Gasteiger partial charge in [-0.2, -0.15) is 0 Å². The number of ether oxygens (including phenoxy) is 2. The van der Waals surface area contributed by atoms with Gasteiger partial charge in [-0.05, 0) is 38.2 Å². The van der Waals surface area contributed by atoms with E-state index in [4.69, 9.17) is 21.1 Å². The number of carbonyl (C=O) groups excluding carboxylic acids is 1. The van der Waals surface area contributed by atoms with Gasteiger partial charge in [-0.1, -0.05) is 30.3 Å². The van der Waals surface area contributed by atoms with Gasteiger partial charge in [0.15, 0.2) is 0 Å². The Morgan fingerprint density at radius 3 is 2.70 bits per heavy atom. The zero-order valence-electron chi connectivity index (χ0n) is 11.8. The Labute approximate surface area is 125 Å². The molecular formula is C16H21ClO3. The molecule has 110 valence electrons. The summed E-state index contributed by atoms with van der Waals surface area (Å²) in [5.41, 5.74) is 1.25. The summed E-state index contributed by atoms with van der Waals surface area (Å²) in [6, 6.07) is 10.2. The Balaban J connectivity index is 1.90. The molecule has 1 aliphatic heterocycles. The number of cyclic esters (lactones) is 2. The minimum atomic E-state index is -0.568. The molecule has 0 aromatic heterocycles. The van der Waals surface area contributed by atoms with E-state index in [9.17, 15) is 4.79 Å². The Kier molecular flexibility index (Phi) is 5.72. The fraction of sp³-hybridized carbons (Fsp3) is 0.562. The second-order valence-electron chi connectivity index (χ2n) is 5.35. The van der Waals surface area contributed by atoms with Gasteiger partial charge in [0.25, 0.3) is 0 Å². The van der Waals surface area contributed by atoms with Crippen molar-refractivity contribution in [2.24, 2.45) is 0 Å². The highest BCUT2D eigenvalue weighted by Gasteiger charge is 2.23. The second-order valence-corrected chi connectivity index (χ2v) is 5.97. The number of aryl methyl sites for hydroxylation is 1. The molecule has 1 heterocycles. The van der Waals surface area contributed by atoms with Crippen molar-refractivity contribution in [3.8, 4) is 0 Å². The molecule has 4 heteroatoms. The fourth-order valence-electron chi connectivity index (χ4n) is 2.46. The first-order valence-corrected chi connectivity index (χ1v) is 7.62. The highest BCUT2D eigenvalue weighted by atomic mass is 35.5. The van der Waals surface area contributed by atoms with Crippen molar-refractivity contribution in [3.63, 3.8) is 0 Å². The van der Waals surface area contributed by atoms with Crippen LogP contribution in [-0.4, -0.2) is 23.7 Å². The lowest BCUT2D eigenvalue weighted by Gasteiger charge is -2.17. The van der Waals surface area contributed by atoms with Gasteiger partial charge < -0.3 is 9.47 Å². The van der Waals surface area contributed by atoms with Crippen LogP contribution in [-0.2, 0) is 15.9 Å². The van der Waals surface area contributed by atoms with Crippen molar-refractivity contribution in [1.29, 1.82) is 0 Å². The Bertz CT molecular complexity index is 421. The predicted molar refractivity (Wildman–Crippen MR) is 79.1 cm³/mol. The molecule has 20 heavy (non-hydrogen) atoms. The molecule has 0 N–H and O–H groups in total. The topological polar surface area (TPSA) is 35.5 Å². The van der Waals surface area contributed by atoms with Crippen LogP contribution in [0.25, 0.3) is 0 Å². The number of carbonyl (C=O) groups is 1. The molecule has 0 aliphatic carbocycles. The zero-order chi connectivity index (χ0) is 14.4. The lowest BCUT2D eigenvalue weighted by Crippen LogP contribution is -2.21. The number of hydrogen-bond donors (Lipinski definition) is 0. The van der Waals surface area contributed by atoms with Crippen LogP contribution in [0, 0.1) is 0 Å². The van der Waals surface area contributed by atoms with Gasteiger partial charge in [0.1, 0.15) is 12.2 Å². The second kappa shape index (κ2) is 7.53. The van der Waals surface area contributed by atoms with Gasteiger partial charge in [-0.3, -0.25) is 0 Å². The first-order valence-electron chi connectivity index (χ1n) is 7.18. The third-order valence-corrected chi connectivity index (χ3v) is 3.94. The van der Waals surface area contributed by atoms with Crippen LogP contribution in [0.3, 0.4) is 0 Å². The number of benzene rings is 1. The average molecular weight is 297 g/mol. The van der Waals surface area contributed by atoms with Crippen LogP contribution in [0.4, 0.5) is 4.79 Å². The Hall–Kier alpha value is -1.22. The van der Waals surface area contributed by atoms with Gasteiger partial charge in [0.05, 0.1) is 0 Å². The lowest BCUT2D eigenvalue weighted by molar-refractivity contribution is 0.00268. The molecule has 0 saturated carbocycles. The largest absolute Gasteiger partial charge is 0.508 e. The Morgan fingerprint density at radius 2 is 1.95 bits per heavy atom. The molecule has 0 radical (unpaired) electrons. The van der Waals surface area contributed by atoms with Crippen LogP contribution in [0.1, 0.15) is 38.2 Å². The zero-order valence-corrected chi connectivity index (χ0v) is 12.5. The molecule has 1 saturated heterocycles. The standard InChI is InChI=1S/C16H21ClO3/c1-12-11-14(17)8-10-15(20-16(18)19-12)9-7-13-5-3-2-4-6-13/h2-6,12,14-15H,7-11H2,1H3. The van der Waals surface area contributed by atoms with Crippen molar-refractivity contribution in [1.82, 2.24) is 0 Å². The van der Waals surface area contributed by atoms with E-state index in [-0.39, 0.29) is 17.6 Å². The molecule has 2 rings (SSSR count). The summed E-state index contributed by atoms with van der Waals surface area (Å²) >= 11 is 6.24. The maximum atomic E-state index is 11.6.